The monoisotopic (exact) mass is 466 g/mol. The summed E-state index contributed by atoms with van der Waals surface area (Å²) in [5.74, 6) is -0.471. The first-order chi connectivity index (χ1) is 15.4. The number of ether oxygens (including phenoxy) is 1. The number of nitrogens with zero attached hydrogens (tertiary/aromatic N) is 2. The van der Waals surface area contributed by atoms with Crippen molar-refractivity contribution in [1.82, 2.24) is 0 Å². The molecule has 3 aromatic rings. The summed E-state index contributed by atoms with van der Waals surface area (Å²) in [4.78, 5) is 25.4. The third kappa shape index (κ3) is 4.53. The molecule has 32 heavy (non-hydrogen) atoms. The number of anilines is 1. The van der Waals surface area contributed by atoms with Gasteiger partial charge in [0.25, 0.3) is 11.6 Å². The second-order valence-corrected chi connectivity index (χ2v) is 8.39. The maximum absolute atomic E-state index is 13.9. The van der Waals surface area contributed by atoms with Gasteiger partial charge in [0.15, 0.2) is 4.32 Å². The number of carbonyl (C=O) groups excluding carboxylic acids is 1. The molecule has 0 aromatic heterocycles. The second kappa shape index (κ2) is 9.29. The largest absolute Gasteiger partial charge is 0.488 e. The minimum Gasteiger partial charge on any atom is -0.488 e. The Labute approximate surface area is 192 Å². The molecule has 3 aromatic carbocycles. The third-order valence-corrected chi connectivity index (χ3v) is 5.94. The number of nitro benzene ring substituents is 1. The van der Waals surface area contributed by atoms with Gasteiger partial charge in [-0.25, -0.2) is 4.39 Å². The van der Waals surface area contributed by atoms with E-state index < -0.39 is 10.7 Å². The van der Waals surface area contributed by atoms with E-state index in [-0.39, 0.29) is 24.0 Å². The number of benzene rings is 3. The third-order valence-electron chi connectivity index (χ3n) is 4.64. The van der Waals surface area contributed by atoms with Crippen molar-refractivity contribution >= 4 is 51.7 Å². The zero-order chi connectivity index (χ0) is 22.7. The van der Waals surface area contributed by atoms with Crippen molar-refractivity contribution in [3.8, 4) is 5.75 Å². The Kier molecular flexibility index (Phi) is 6.29. The van der Waals surface area contributed by atoms with Crippen molar-refractivity contribution in [2.75, 3.05) is 4.90 Å². The lowest BCUT2D eigenvalue weighted by molar-refractivity contribution is -0.384. The van der Waals surface area contributed by atoms with E-state index in [9.17, 15) is 19.3 Å². The van der Waals surface area contributed by atoms with Crippen molar-refractivity contribution in [3.05, 3.63) is 105 Å². The molecule has 1 heterocycles. The predicted molar refractivity (Wildman–Crippen MR) is 126 cm³/mol. The fourth-order valence-electron chi connectivity index (χ4n) is 3.07. The Hall–Kier alpha value is -3.56. The van der Waals surface area contributed by atoms with Crippen LogP contribution in [0.25, 0.3) is 6.08 Å². The molecule has 0 atom stereocenters. The van der Waals surface area contributed by atoms with E-state index in [4.69, 9.17) is 17.0 Å². The van der Waals surface area contributed by atoms with Crippen LogP contribution in [-0.4, -0.2) is 15.2 Å². The van der Waals surface area contributed by atoms with Gasteiger partial charge in [-0.3, -0.25) is 19.8 Å². The van der Waals surface area contributed by atoms with Gasteiger partial charge in [-0.1, -0.05) is 60.4 Å². The van der Waals surface area contributed by atoms with Gasteiger partial charge in [-0.05, 0) is 30.3 Å². The van der Waals surface area contributed by atoms with Gasteiger partial charge in [0.05, 0.1) is 15.5 Å². The SMILES string of the molecule is O=C1/C(=C\c2cc([N+](=O)[O-])ccc2OCc2ccccc2F)SC(=S)N1c1ccccc1. The molecule has 1 aliphatic heterocycles. The number of non-ortho nitro benzene ring substituents is 1. The standard InChI is InChI=1S/C23H15FN2O4S2/c24-19-9-5-4-6-15(19)14-30-20-11-10-18(26(28)29)12-16(20)13-21-22(27)25(23(31)32-21)17-7-2-1-3-8-17/h1-13H,14H2/b21-13+. The van der Waals surface area contributed by atoms with Crippen LogP contribution >= 0.6 is 24.0 Å². The van der Waals surface area contributed by atoms with Crippen LogP contribution in [0.1, 0.15) is 11.1 Å². The van der Waals surface area contributed by atoms with Crippen LogP contribution in [0.4, 0.5) is 15.8 Å². The Bertz CT molecular complexity index is 1250. The van der Waals surface area contributed by atoms with E-state index in [2.05, 4.69) is 0 Å². The minimum absolute atomic E-state index is 0.0731. The number of carbonyl (C=O) groups is 1. The molecule has 1 fully saturated rings. The van der Waals surface area contributed by atoms with E-state index in [1.807, 2.05) is 6.07 Å². The minimum atomic E-state index is -0.535. The van der Waals surface area contributed by atoms with Crippen LogP contribution in [-0.2, 0) is 11.4 Å². The molecule has 0 spiro atoms. The molecule has 1 amide bonds. The number of amides is 1. The number of nitro groups is 1. The predicted octanol–water partition coefficient (Wildman–Crippen LogP) is 5.72. The Morgan fingerprint density at radius 3 is 2.53 bits per heavy atom. The molecular formula is C23H15FN2O4S2. The van der Waals surface area contributed by atoms with Gasteiger partial charge >= 0.3 is 0 Å². The highest BCUT2D eigenvalue weighted by molar-refractivity contribution is 8.27. The molecule has 1 aliphatic rings. The van der Waals surface area contributed by atoms with Gasteiger partial charge in [0.1, 0.15) is 18.2 Å². The molecule has 4 rings (SSSR count). The molecule has 0 unspecified atom stereocenters. The molecule has 1 saturated heterocycles. The molecular weight excluding hydrogens is 451 g/mol. The Morgan fingerprint density at radius 2 is 1.81 bits per heavy atom. The van der Waals surface area contributed by atoms with Crippen molar-refractivity contribution < 1.29 is 18.8 Å². The van der Waals surface area contributed by atoms with E-state index in [1.54, 1.807) is 42.5 Å². The van der Waals surface area contributed by atoms with Gasteiger partial charge in [-0.15, -0.1) is 0 Å². The summed E-state index contributed by atoms with van der Waals surface area (Å²) in [5.41, 5.74) is 1.14. The first-order valence-corrected chi connectivity index (χ1v) is 10.6. The van der Waals surface area contributed by atoms with Crippen LogP contribution < -0.4 is 9.64 Å². The highest BCUT2D eigenvalue weighted by atomic mass is 32.2. The summed E-state index contributed by atoms with van der Waals surface area (Å²) in [6.45, 7) is -0.0731. The summed E-state index contributed by atoms with van der Waals surface area (Å²) >= 11 is 6.46. The molecule has 0 aliphatic carbocycles. The summed E-state index contributed by atoms with van der Waals surface area (Å²) in [5, 5.41) is 11.3. The molecule has 6 nitrogen and oxygen atoms in total. The zero-order valence-corrected chi connectivity index (χ0v) is 18.1. The smallest absolute Gasteiger partial charge is 0.270 e. The summed E-state index contributed by atoms with van der Waals surface area (Å²) in [7, 11) is 0. The van der Waals surface area contributed by atoms with E-state index in [1.165, 1.54) is 35.2 Å². The van der Waals surface area contributed by atoms with Crippen molar-refractivity contribution in [2.24, 2.45) is 0 Å². The average molecular weight is 467 g/mol. The van der Waals surface area contributed by atoms with E-state index in [0.717, 1.165) is 11.8 Å². The molecule has 0 N–H and O–H groups in total. The molecule has 0 bridgehead atoms. The van der Waals surface area contributed by atoms with E-state index >= 15 is 0 Å². The molecule has 0 radical (unpaired) electrons. The first kappa shape index (κ1) is 21.7. The summed E-state index contributed by atoms with van der Waals surface area (Å²) < 4.78 is 20.0. The van der Waals surface area contributed by atoms with Crippen LogP contribution in [0.2, 0.25) is 0 Å². The first-order valence-electron chi connectivity index (χ1n) is 9.41. The molecule has 160 valence electrons. The lowest BCUT2D eigenvalue weighted by atomic mass is 10.1. The highest BCUT2D eigenvalue weighted by Crippen LogP contribution is 2.37. The number of rotatable bonds is 6. The number of hydrogen-bond acceptors (Lipinski definition) is 6. The highest BCUT2D eigenvalue weighted by Gasteiger charge is 2.33. The quantitative estimate of drug-likeness (QED) is 0.200. The molecule has 0 saturated carbocycles. The van der Waals surface area contributed by atoms with Crippen molar-refractivity contribution in [2.45, 2.75) is 6.61 Å². The van der Waals surface area contributed by atoms with Gasteiger partial charge < -0.3 is 4.74 Å². The lowest BCUT2D eigenvalue weighted by Crippen LogP contribution is -2.27. The van der Waals surface area contributed by atoms with E-state index in [0.29, 0.717) is 26.0 Å². The second-order valence-electron chi connectivity index (χ2n) is 6.71. The van der Waals surface area contributed by atoms with Crippen LogP contribution in [0.15, 0.2) is 77.7 Å². The fraction of sp³-hybridized carbons (Fsp3) is 0.0435. The van der Waals surface area contributed by atoms with Crippen molar-refractivity contribution in [1.29, 1.82) is 0 Å². The van der Waals surface area contributed by atoms with Gasteiger partial charge in [0, 0.05) is 23.3 Å². The lowest BCUT2D eigenvalue weighted by Gasteiger charge is -2.14. The average Bonchev–Trinajstić information content (AvgIpc) is 3.07. The fourth-order valence-corrected chi connectivity index (χ4v) is 4.36. The van der Waals surface area contributed by atoms with Crippen LogP contribution in [0, 0.1) is 15.9 Å². The number of para-hydroxylation sites is 1. The Balaban J connectivity index is 1.67. The Morgan fingerprint density at radius 1 is 1.09 bits per heavy atom. The van der Waals surface area contributed by atoms with Gasteiger partial charge in [0.2, 0.25) is 0 Å². The number of halogens is 1. The number of thiocarbonyl (C=S) groups is 1. The van der Waals surface area contributed by atoms with Crippen molar-refractivity contribution in [3.63, 3.8) is 0 Å². The van der Waals surface area contributed by atoms with Crippen LogP contribution in [0.3, 0.4) is 0 Å². The van der Waals surface area contributed by atoms with Crippen LogP contribution in [0.5, 0.6) is 5.75 Å². The summed E-state index contributed by atoms with van der Waals surface area (Å²) in [6, 6.07) is 19.2. The maximum Gasteiger partial charge on any atom is 0.270 e. The maximum atomic E-state index is 13.9. The number of hydrogen-bond donors (Lipinski definition) is 0. The normalized spacial score (nSPS) is 14.8. The van der Waals surface area contributed by atoms with Gasteiger partial charge in [-0.2, -0.15) is 0 Å². The number of thioether (sulfide) groups is 1. The summed E-state index contributed by atoms with van der Waals surface area (Å²) in [6.07, 6.45) is 1.51. The molecule has 9 heteroatoms. The zero-order valence-electron chi connectivity index (χ0n) is 16.4. The topological polar surface area (TPSA) is 72.7 Å².